The zero-order chi connectivity index (χ0) is 15.9. The molecule has 2 heterocycles. The zero-order valence-corrected chi connectivity index (χ0v) is 13.3. The minimum atomic E-state index is -0.0277. The number of anilines is 1. The van der Waals surface area contributed by atoms with Crippen molar-refractivity contribution in [3.8, 4) is 5.75 Å². The van der Waals surface area contributed by atoms with Gasteiger partial charge in [-0.2, -0.15) is 0 Å². The molecule has 0 aromatic heterocycles. The van der Waals surface area contributed by atoms with E-state index in [9.17, 15) is 4.79 Å². The van der Waals surface area contributed by atoms with Crippen LogP contribution in [0.2, 0.25) is 0 Å². The van der Waals surface area contributed by atoms with E-state index in [1.54, 1.807) is 0 Å². The van der Waals surface area contributed by atoms with Crippen LogP contribution in [0.5, 0.6) is 5.75 Å². The monoisotopic (exact) mass is 320 g/mol. The Morgan fingerprint density at radius 2 is 2.09 bits per heavy atom. The van der Waals surface area contributed by atoms with Gasteiger partial charge in [-0.1, -0.05) is 12.1 Å². The molecule has 0 spiro atoms. The fourth-order valence-corrected chi connectivity index (χ4v) is 2.81. The second-order valence-electron chi connectivity index (χ2n) is 5.88. The van der Waals surface area contributed by atoms with Crippen LogP contribution >= 0.6 is 0 Å². The molecular formula is C17H24N2O4. The standard InChI is InChI=1S/C17H24N2O4/c20-17(12-19-7-10-21-11-8-19)18-15-5-1-2-6-16(15)23-13-14-4-3-9-22-14/h1-2,5-6,14H,3-4,7-13H2,(H,18,20). The lowest BCUT2D eigenvalue weighted by atomic mass is 10.2. The van der Waals surface area contributed by atoms with Crippen molar-refractivity contribution in [2.75, 3.05) is 51.4 Å². The van der Waals surface area contributed by atoms with Gasteiger partial charge in [0.05, 0.1) is 31.5 Å². The number of ether oxygens (including phenoxy) is 3. The molecule has 1 aromatic rings. The SMILES string of the molecule is O=C(CN1CCOCC1)Nc1ccccc1OCC1CCCO1. The van der Waals surface area contributed by atoms with E-state index in [1.807, 2.05) is 24.3 Å². The summed E-state index contributed by atoms with van der Waals surface area (Å²) in [5.74, 6) is 0.665. The topological polar surface area (TPSA) is 60.0 Å². The van der Waals surface area contributed by atoms with Gasteiger partial charge >= 0.3 is 0 Å². The number of amides is 1. The van der Waals surface area contributed by atoms with Crippen molar-refractivity contribution < 1.29 is 19.0 Å². The lowest BCUT2D eigenvalue weighted by Crippen LogP contribution is -2.41. The quantitative estimate of drug-likeness (QED) is 0.861. The molecule has 1 aromatic carbocycles. The smallest absolute Gasteiger partial charge is 0.238 e. The molecule has 0 aliphatic carbocycles. The van der Waals surface area contributed by atoms with Crippen LogP contribution in [-0.4, -0.2) is 63.0 Å². The Morgan fingerprint density at radius 3 is 2.87 bits per heavy atom. The summed E-state index contributed by atoms with van der Waals surface area (Å²) in [5, 5.41) is 2.95. The maximum atomic E-state index is 12.2. The summed E-state index contributed by atoms with van der Waals surface area (Å²) in [7, 11) is 0. The van der Waals surface area contributed by atoms with Gasteiger partial charge in [-0.05, 0) is 25.0 Å². The van der Waals surface area contributed by atoms with Crippen molar-refractivity contribution in [2.24, 2.45) is 0 Å². The largest absolute Gasteiger partial charge is 0.489 e. The van der Waals surface area contributed by atoms with Crippen molar-refractivity contribution in [1.29, 1.82) is 0 Å². The van der Waals surface area contributed by atoms with Gasteiger partial charge in [0.2, 0.25) is 5.91 Å². The van der Waals surface area contributed by atoms with E-state index < -0.39 is 0 Å². The predicted octanol–water partition coefficient (Wildman–Crippen LogP) is 1.52. The molecule has 0 saturated carbocycles. The first-order valence-corrected chi connectivity index (χ1v) is 8.24. The third kappa shape index (κ3) is 4.92. The Hall–Kier alpha value is -1.63. The number of nitrogens with one attached hydrogen (secondary N) is 1. The van der Waals surface area contributed by atoms with E-state index in [0.29, 0.717) is 37.8 Å². The number of rotatable bonds is 6. The lowest BCUT2D eigenvalue weighted by molar-refractivity contribution is -0.118. The Kier molecular flexibility index (Phi) is 5.85. The van der Waals surface area contributed by atoms with Gasteiger partial charge in [0.1, 0.15) is 12.4 Å². The highest BCUT2D eigenvalue weighted by Crippen LogP contribution is 2.25. The Labute approximate surface area is 136 Å². The van der Waals surface area contributed by atoms with Gasteiger partial charge in [0.25, 0.3) is 0 Å². The van der Waals surface area contributed by atoms with E-state index >= 15 is 0 Å². The maximum absolute atomic E-state index is 12.2. The number of benzene rings is 1. The Balaban J connectivity index is 1.52. The van der Waals surface area contributed by atoms with E-state index in [-0.39, 0.29) is 12.0 Å². The van der Waals surface area contributed by atoms with Gasteiger partial charge in [-0.15, -0.1) is 0 Å². The molecule has 2 saturated heterocycles. The van der Waals surface area contributed by atoms with Crippen LogP contribution in [-0.2, 0) is 14.3 Å². The molecule has 1 unspecified atom stereocenters. The highest BCUT2D eigenvalue weighted by atomic mass is 16.5. The molecule has 2 aliphatic rings. The normalized spacial score (nSPS) is 22.0. The van der Waals surface area contributed by atoms with Crippen LogP contribution in [0.1, 0.15) is 12.8 Å². The van der Waals surface area contributed by atoms with Gasteiger partial charge in [0, 0.05) is 19.7 Å². The van der Waals surface area contributed by atoms with Crippen molar-refractivity contribution in [3.63, 3.8) is 0 Å². The second-order valence-corrected chi connectivity index (χ2v) is 5.88. The highest BCUT2D eigenvalue weighted by Gasteiger charge is 2.18. The summed E-state index contributed by atoms with van der Waals surface area (Å²) >= 11 is 0. The molecule has 6 heteroatoms. The van der Waals surface area contributed by atoms with Crippen LogP contribution in [0.3, 0.4) is 0 Å². The van der Waals surface area contributed by atoms with E-state index in [2.05, 4.69) is 10.2 Å². The van der Waals surface area contributed by atoms with Gasteiger partial charge in [-0.25, -0.2) is 0 Å². The van der Waals surface area contributed by atoms with Crippen molar-refractivity contribution in [1.82, 2.24) is 4.90 Å². The molecule has 2 aliphatic heterocycles. The molecule has 6 nitrogen and oxygen atoms in total. The summed E-state index contributed by atoms with van der Waals surface area (Å²) in [6, 6.07) is 7.53. The predicted molar refractivity (Wildman–Crippen MR) is 86.8 cm³/mol. The first kappa shape index (κ1) is 16.2. The summed E-state index contributed by atoms with van der Waals surface area (Å²) in [6.07, 6.45) is 2.28. The number of carbonyl (C=O) groups excluding carboxylic acids is 1. The zero-order valence-electron chi connectivity index (χ0n) is 13.3. The van der Waals surface area contributed by atoms with Crippen LogP contribution < -0.4 is 10.1 Å². The molecule has 1 atom stereocenters. The third-order valence-corrected chi connectivity index (χ3v) is 4.08. The minimum absolute atomic E-state index is 0.0277. The summed E-state index contributed by atoms with van der Waals surface area (Å²) in [5.41, 5.74) is 0.712. The van der Waals surface area contributed by atoms with Crippen LogP contribution in [0.25, 0.3) is 0 Å². The number of nitrogens with zero attached hydrogens (tertiary/aromatic N) is 1. The Bertz CT molecular complexity index is 511. The number of hydrogen-bond donors (Lipinski definition) is 1. The first-order valence-electron chi connectivity index (χ1n) is 8.24. The van der Waals surface area contributed by atoms with Gasteiger partial charge < -0.3 is 19.5 Å². The fourth-order valence-electron chi connectivity index (χ4n) is 2.81. The molecular weight excluding hydrogens is 296 g/mol. The average molecular weight is 320 g/mol. The highest BCUT2D eigenvalue weighted by molar-refractivity contribution is 5.93. The van der Waals surface area contributed by atoms with Crippen LogP contribution in [0, 0.1) is 0 Å². The van der Waals surface area contributed by atoms with E-state index in [1.165, 1.54) is 0 Å². The third-order valence-electron chi connectivity index (χ3n) is 4.08. The number of morpholine rings is 1. The summed E-state index contributed by atoms with van der Waals surface area (Å²) in [6.45, 7) is 4.68. The van der Waals surface area contributed by atoms with E-state index in [4.69, 9.17) is 14.2 Å². The minimum Gasteiger partial charge on any atom is -0.489 e. The molecule has 1 amide bonds. The molecule has 1 N–H and O–H groups in total. The average Bonchev–Trinajstić information content (AvgIpc) is 3.08. The fraction of sp³-hybridized carbons (Fsp3) is 0.588. The first-order chi connectivity index (χ1) is 11.3. The van der Waals surface area contributed by atoms with Crippen molar-refractivity contribution in [3.05, 3.63) is 24.3 Å². The second kappa shape index (κ2) is 8.29. The number of hydrogen-bond acceptors (Lipinski definition) is 5. The van der Waals surface area contributed by atoms with Crippen molar-refractivity contribution >= 4 is 11.6 Å². The molecule has 126 valence electrons. The summed E-state index contributed by atoms with van der Waals surface area (Å²) < 4.78 is 16.7. The molecule has 2 fully saturated rings. The van der Waals surface area contributed by atoms with Gasteiger partial charge in [0.15, 0.2) is 0 Å². The van der Waals surface area contributed by atoms with Crippen LogP contribution in [0.4, 0.5) is 5.69 Å². The maximum Gasteiger partial charge on any atom is 0.238 e. The van der Waals surface area contributed by atoms with E-state index in [0.717, 1.165) is 32.5 Å². The Morgan fingerprint density at radius 1 is 1.26 bits per heavy atom. The molecule has 23 heavy (non-hydrogen) atoms. The molecule has 3 rings (SSSR count). The number of carbonyl (C=O) groups is 1. The van der Waals surface area contributed by atoms with Crippen LogP contribution in [0.15, 0.2) is 24.3 Å². The molecule has 0 radical (unpaired) electrons. The lowest BCUT2D eigenvalue weighted by Gasteiger charge is -2.26. The number of para-hydroxylation sites is 2. The van der Waals surface area contributed by atoms with Crippen molar-refractivity contribution in [2.45, 2.75) is 18.9 Å². The molecule has 0 bridgehead atoms. The summed E-state index contributed by atoms with van der Waals surface area (Å²) in [4.78, 5) is 14.3. The van der Waals surface area contributed by atoms with Gasteiger partial charge in [-0.3, -0.25) is 9.69 Å².